The number of rotatable bonds is 2. The van der Waals surface area contributed by atoms with Crippen molar-refractivity contribution in [1.29, 1.82) is 0 Å². The second kappa shape index (κ2) is 4.56. The first kappa shape index (κ1) is 12.0. The number of aryl methyl sites for hydroxylation is 2. The molecule has 0 radical (unpaired) electrons. The number of aliphatic hydroxyl groups excluding tert-OH is 1. The summed E-state index contributed by atoms with van der Waals surface area (Å²) >= 11 is 0. The average molecular weight is 252 g/mol. The Morgan fingerprint density at radius 2 is 1.63 bits per heavy atom. The number of furan rings is 1. The highest BCUT2D eigenvalue weighted by atomic mass is 16.3. The molecule has 0 amide bonds. The minimum Gasteiger partial charge on any atom is -0.461 e. The van der Waals surface area contributed by atoms with Crippen LogP contribution in [0.25, 0.3) is 11.0 Å². The maximum absolute atomic E-state index is 10.6. The quantitative estimate of drug-likeness (QED) is 0.744. The Morgan fingerprint density at radius 3 is 2.37 bits per heavy atom. The summed E-state index contributed by atoms with van der Waals surface area (Å²) in [6, 6.07) is 15.7. The van der Waals surface area contributed by atoms with Crippen LogP contribution in [-0.2, 0) is 0 Å². The summed E-state index contributed by atoms with van der Waals surface area (Å²) in [6.07, 6.45) is -0.649. The zero-order chi connectivity index (χ0) is 13.4. The van der Waals surface area contributed by atoms with Crippen molar-refractivity contribution in [3.63, 3.8) is 0 Å². The Morgan fingerprint density at radius 1 is 0.947 bits per heavy atom. The maximum Gasteiger partial charge on any atom is 0.134 e. The van der Waals surface area contributed by atoms with Gasteiger partial charge in [0, 0.05) is 10.9 Å². The van der Waals surface area contributed by atoms with Gasteiger partial charge in [-0.25, -0.2) is 0 Å². The number of hydrogen-bond donors (Lipinski definition) is 1. The molecule has 96 valence electrons. The van der Waals surface area contributed by atoms with Gasteiger partial charge in [-0.05, 0) is 25.5 Å². The minimum absolute atomic E-state index is 0.649. The fraction of sp³-hybridized carbons (Fsp3) is 0.176. The summed E-state index contributed by atoms with van der Waals surface area (Å²) < 4.78 is 5.71. The monoisotopic (exact) mass is 252 g/mol. The van der Waals surface area contributed by atoms with Gasteiger partial charge in [0.05, 0.1) is 0 Å². The van der Waals surface area contributed by atoms with Gasteiger partial charge >= 0.3 is 0 Å². The lowest BCUT2D eigenvalue weighted by Crippen LogP contribution is -2.00. The molecule has 1 unspecified atom stereocenters. The molecular formula is C17H16O2. The molecule has 0 spiro atoms. The highest BCUT2D eigenvalue weighted by Crippen LogP contribution is 2.33. The molecule has 2 aromatic carbocycles. The van der Waals surface area contributed by atoms with Gasteiger partial charge < -0.3 is 9.52 Å². The van der Waals surface area contributed by atoms with Crippen LogP contribution in [-0.4, -0.2) is 5.11 Å². The average Bonchev–Trinajstić information content (AvgIpc) is 2.74. The lowest BCUT2D eigenvalue weighted by Gasteiger charge is -2.11. The van der Waals surface area contributed by atoms with Gasteiger partial charge in [-0.2, -0.15) is 0 Å². The van der Waals surface area contributed by atoms with Crippen LogP contribution in [0.15, 0.2) is 52.9 Å². The van der Waals surface area contributed by atoms with E-state index < -0.39 is 6.10 Å². The summed E-state index contributed by atoms with van der Waals surface area (Å²) in [5.74, 6) is 0.772. The number of benzene rings is 2. The zero-order valence-corrected chi connectivity index (χ0v) is 11.1. The predicted octanol–water partition coefficient (Wildman–Crippen LogP) is 4.13. The van der Waals surface area contributed by atoms with E-state index in [-0.39, 0.29) is 0 Å². The SMILES string of the molecule is Cc1ccc(C(O)c2c(C)oc3ccccc23)cc1. The van der Waals surface area contributed by atoms with Crippen LogP contribution in [0.5, 0.6) is 0 Å². The van der Waals surface area contributed by atoms with Crippen LogP contribution in [0.2, 0.25) is 0 Å². The molecule has 0 saturated carbocycles. The smallest absolute Gasteiger partial charge is 0.134 e. The summed E-state index contributed by atoms with van der Waals surface area (Å²) in [5.41, 5.74) is 3.76. The molecule has 0 aliphatic carbocycles. The molecule has 0 saturated heterocycles. The molecule has 1 aromatic heterocycles. The van der Waals surface area contributed by atoms with E-state index >= 15 is 0 Å². The second-order valence-electron chi connectivity index (χ2n) is 4.88. The summed E-state index contributed by atoms with van der Waals surface area (Å²) in [4.78, 5) is 0. The van der Waals surface area contributed by atoms with E-state index in [0.717, 1.165) is 27.9 Å². The number of fused-ring (bicyclic) bond motifs is 1. The van der Waals surface area contributed by atoms with Gasteiger partial charge in [0.25, 0.3) is 0 Å². The Bertz CT molecular complexity index is 708. The third-order valence-electron chi connectivity index (χ3n) is 3.49. The van der Waals surface area contributed by atoms with Gasteiger partial charge in [0.15, 0.2) is 0 Å². The van der Waals surface area contributed by atoms with Crippen LogP contribution >= 0.6 is 0 Å². The van der Waals surface area contributed by atoms with Gasteiger partial charge in [0.1, 0.15) is 17.4 Å². The van der Waals surface area contributed by atoms with Crippen molar-refractivity contribution in [3.8, 4) is 0 Å². The first-order valence-electron chi connectivity index (χ1n) is 6.39. The number of hydrogen-bond acceptors (Lipinski definition) is 2. The normalized spacial score (nSPS) is 12.8. The van der Waals surface area contributed by atoms with Crippen molar-refractivity contribution < 1.29 is 9.52 Å². The van der Waals surface area contributed by atoms with Crippen molar-refractivity contribution in [2.75, 3.05) is 0 Å². The van der Waals surface area contributed by atoms with Crippen molar-refractivity contribution in [1.82, 2.24) is 0 Å². The van der Waals surface area contributed by atoms with Crippen LogP contribution in [0.4, 0.5) is 0 Å². The van der Waals surface area contributed by atoms with Crippen LogP contribution in [0, 0.1) is 13.8 Å². The molecule has 1 atom stereocenters. The molecule has 2 heteroatoms. The highest BCUT2D eigenvalue weighted by Gasteiger charge is 2.19. The van der Waals surface area contributed by atoms with Crippen LogP contribution in [0.1, 0.15) is 28.6 Å². The van der Waals surface area contributed by atoms with Gasteiger partial charge in [-0.3, -0.25) is 0 Å². The Labute approximate surface area is 112 Å². The Balaban J connectivity index is 2.13. The second-order valence-corrected chi connectivity index (χ2v) is 4.88. The fourth-order valence-corrected chi connectivity index (χ4v) is 2.44. The first-order chi connectivity index (χ1) is 9.16. The van der Waals surface area contributed by atoms with Gasteiger partial charge in [-0.15, -0.1) is 0 Å². The Kier molecular flexibility index (Phi) is 2.88. The Hall–Kier alpha value is -2.06. The molecule has 2 nitrogen and oxygen atoms in total. The zero-order valence-electron chi connectivity index (χ0n) is 11.1. The summed E-state index contributed by atoms with van der Waals surface area (Å²) in [5, 5.41) is 11.6. The molecule has 0 aliphatic rings. The third kappa shape index (κ3) is 2.04. The van der Waals surface area contributed by atoms with E-state index in [1.54, 1.807) is 0 Å². The molecular weight excluding hydrogens is 236 g/mol. The van der Waals surface area contributed by atoms with Crippen molar-refractivity contribution >= 4 is 11.0 Å². The summed E-state index contributed by atoms with van der Waals surface area (Å²) in [6.45, 7) is 3.93. The molecule has 3 aromatic rings. The molecule has 0 aliphatic heterocycles. The number of para-hydroxylation sites is 1. The van der Waals surface area contributed by atoms with Crippen molar-refractivity contribution in [3.05, 3.63) is 71.0 Å². The highest BCUT2D eigenvalue weighted by molar-refractivity contribution is 5.83. The van der Waals surface area contributed by atoms with Crippen LogP contribution in [0.3, 0.4) is 0 Å². The van der Waals surface area contributed by atoms with E-state index in [9.17, 15) is 5.11 Å². The van der Waals surface area contributed by atoms with Crippen molar-refractivity contribution in [2.24, 2.45) is 0 Å². The topological polar surface area (TPSA) is 33.4 Å². The third-order valence-corrected chi connectivity index (χ3v) is 3.49. The lowest BCUT2D eigenvalue weighted by molar-refractivity contribution is 0.219. The van der Waals surface area contributed by atoms with E-state index in [0.29, 0.717) is 0 Å². The van der Waals surface area contributed by atoms with Gasteiger partial charge in [-0.1, -0.05) is 48.0 Å². The van der Waals surface area contributed by atoms with Crippen molar-refractivity contribution in [2.45, 2.75) is 20.0 Å². The van der Waals surface area contributed by atoms with Gasteiger partial charge in [0.2, 0.25) is 0 Å². The van der Waals surface area contributed by atoms with E-state index in [4.69, 9.17) is 4.42 Å². The molecule has 0 fully saturated rings. The summed E-state index contributed by atoms with van der Waals surface area (Å²) in [7, 11) is 0. The maximum atomic E-state index is 10.6. The minimum atomic E-state index is -0.649. The molecule has 3 rings (SSSR count). The first-order valence-corrected chi connectivity index (χ1v) is 6.39. The standard InChI is InChI=1S/C17H16O2/c1-11-7-9-13(10-8-11)17(18)16-12(2)19-15-6-4-3-5-14(15)16/h3-10,17-18H,1-2H3. The van der Waals surface area contributed by atoms with Crippen LogP contribution < -0.4 is 0 Å². The predicted molar refractivity (Wildman–Crippen MR) is 76.2 cm³/mol. The van der Waals surface area contributed by atoms with E-state index in [1.807, 2.05) is 62.4 Å². The molecule has 1 heterocycles. The van der Waals surface area contributed by atoms with E-state index in [2.05, 4.69) is 0 Å². The van der Waals surface area contributed by atoms with E-state index in [1.165, 1.54) is 5.56 Å². The fourth-order valence-electron chi connectivity index (χ4n) is 2.44. The molecule has 19 heavy (non-hydrogen) atoms. The molecule has 0 bridgehead atoms. The number of aliphatic hydroxyl groups is 1. The molecule has 1 N–H and O–H groups in total. The lowest BCUT2D eigenvalue weighted by atomic mass is 9.98. The largest absolute Gasteiger partial charge is 0.461 e.